The molecule has 15 heteroatoms. The summed E-state index contributed by atoms with van der Waals surface area (Å²) in [5.74, 6) is 2.00. The van der Waals surface area contributed by atoms with E-state index in [1.54, 1.807) is 30.6 Å². The second-order valence-corrected chi connectivity index (χ2v) is 17.7. The number of rotatable bonds is 6. The van der Waals surface area contributed by atoms with Crippen LogP contribution >= 0.6 is 0 Å². The molecule has 0 radical (unpaired) electrons. The summed E-state index contributed by atoms with van der Waals surface area (Å²) >= 11 is 0. The maximum Gasteiger partial charge on any atom is 0.337 e. The summed E-state index contributed by atoms with van der Waals surface area (Å²) < 4.78 is 12.4. The van der Waals surface area contributed by atoms with Gasteiger partial charge in [0.05, 0.1) is 23.3 Å². The minimum Gasteiger partial charge on any atom is -0.478 e. The third kappa shape index (κ3) is 10.3. The van der Waals surface area contributed by atoms with Gasteiger partial charge in [-0.25, -0.2) is 14.4 Å². The van der Waals surface area contributed by atoms with Crippen LogP contribution in [0.3, 0.4) is 0 Å². The first-order valence-corrected chi connectivity index (χ1v) is 21.2. The van der Waals surface area contributed by atoms with Crippen LogP contribution in [-0.4, -0.2) is 106 Å². The van der Waals surface area contributed by atoms with E-state index >= 15 is 0 Å². The molecule has 4 atom stereocenters. The normalized spacial score (nSPS) is 32.9. The number of likely N-dealkylation sites (tertiary alicyclic amines) is 1. The monoisotopic (exact) mass is 802 g/mol. The molecule has 2 aromatic rings. The SMILES string of the molecule is C.O=C(NC1CCN(C(=O)c2cccnc2)CC1)NC12CC3CC(CC(C3)O1)C2.O=C(NC1CCNCC1)NC12CC3CC(CC(C3)O1)C2.O=C(O)c1cccnc1. The number of aromatic nitrogens is 2. The minimum absolute atomic E-state index is 0. The van der Waals surface area contributed by atoms with Crippen LogP contribution in [0.4, 0.5) is 9.59 Å². The van der Waals surface area contributed by atoms with Crippen molar-refractivity contribution in [1.29, 1.82) is 0 Å². The van der Waals surface area contributed by atoms with Gasteiger partial charge in [0, 0.05) is 50.0 Å². The van der Waals surface area contributed by atoms with Crippen LogP contribution < -0.4 is 26.6 Å². The molecule has 5 amide bonds. The zero-order chi connectivity index (χ0) is 39.4. The van der Waals surface area contributed by atoms with Gasteiger partial charge in [0.15, 0.2) is 0 Å². The predicted molar refractivity (Wildman–Crippen MR) is 216 cm³/mol. The highest BCUT2D eigenvalue weighted by Crippen LogP contribution is 2.53. The van der Waals surface area contributed by atoms with Gasteiger partial charge < -0.3 is 46.1 Å². The number of hydrogen-bond donors (Lipinski definition) is 6. The quantitative estimate of drug-likeness (QED) is 0.230. The molecule has 2 aromatic heterocycles. The van der Waals surface area contributed by atoms with Gasteiger partial charge in [0.25, 0.3) is 5.91 Å². The number of carboxylic acid groups (broad SMARTS) is 1. The number of carboxylic acids is 1. The molecule has 6 aliphatic heterocycles. The molecule has 316 valence electrons. The maximum atomic E-state index is 12.6. The number of amides is 5. The number of ether oxygens (including phenoxy) is 2. The molecule has 6 saturated heterocycles. The first-order chi connectivity index (χ1) is 27.6. The van der Waals surface area contributed by atoms with Gasteiger partial charge in [-0.05, 0) is 151 Å². The average molecular weight is 803 g/mol. The van der Waals surface area contributed by atoms with Crippen molar-refractivity contribution in [2.45, 2.75) is 133 Å². The molecule has 15 nitrogen and oxygen atoms in total. The summed E-state index contributed by atoms with van der Waals surface area (Å²) in [5.41, 5.74) is 0.0322. The molecule has 6 N–H and O–H groups in total. The number of nitrogens with one attached hydrogen (secondary N) is 5. The van der Waals surface area contributed by atoms with Crippen LogP contribution in [-0.2, 0) is 9.47 Å². The van der Waals surface area contributed by atoms with Crippen LogP contribution in [0, 0.1) is 23.7 Å². The van der Waals surface area contributed by atoms with Crippen molar-refractivity contribution in [3.05, 3.63) is 60.2 Å². The molecule has 0 spiro atoms. The van der Waals surface area contributed by atoms with Crippen LogP contribution in [0.5, 0.6) is 0 Å². The van der Waals surface area contributed by atoms with E-state index in [0.29, 0.717) is 48.7 Å². The highest BCUT2D eigenvalue weighted by molar-refractivity contribution is 5.94. The third-order valence-electron chi connectivity index (χ3n) is 13.3. The fourth-order valence-corrected chi connectivity index (χ4v) is 11.2. The molecule has 8 bridgehead atoms. The second kappa shape index (κ2) is 18.3. The Labute approximate surface area is 341 Å². The number of urea groups is 2. The highest BCUT2D eigenvalue weighted by Gasteiger charge is 2.54. The number of piperidine rings is 2. The summed E-state index contributed by atoms with van der Waals surface area (Å²) in [5, 5.41) is 24.2. The van der Waals surface area contributed by atoms with E-state index in [0.717, 1.165) is 89.1 Å². The molecule has 8 heterocycles. The highest BCUT2D eigenvalue weighted by atomic mass is 16.5. The Morgan fingerprint density at radius 2 is 1.12 bits per heavy atom. The standard InChI is InChI=1S/C21H28N4O3.C15H25N3O2.C6H5NO2.CH4/c26-19(16-2-1-5-22-13-16)25-6-3-17(4-7-25)23-20(27)24-21-11-14-8-15(12-21)10-18(9-14)28-21;19-14(17-12-1-3-16-4-2-12)18-15-8-10-5-11(9-15)7-13(6-10)20-15;8-6(9)5-2-1-3-7-4-5;/h1-2,5,13-15,17-18H,3-4,6-12H2,(H2,23,24,27);10-13,16H,1-9H2,(H2,17,18,19);1-4H,(H,8,9);1H4. The first kappa shape index (κ1) is 41.8. The van der Waals surface area contributed by atoms with Gasteiger partial charge in [0.1, 0.15) is 11.4 Å². The van der Waals surface area contributed by atoms with Crippen molar-refractivity contribution < 1.29 is 33.8 Å². The molecule has 10 aliphatic rings. The van der Waals surface area contributed by atoms with Gasteiger partial charge in [0.2, 0.25) is 0 Å². The fraction of sp³-hybridized carbons (Fsp3) is 0.674. The van der Waals surface area contributed by atoms with E-state index in [1.165, 1.54) is 44.1 Å². The molecular formula is C43H62N8O7. The predicted octanol–water partition coefficient (Wildman–Crippen LogP) is 5.05. The molecule has 58 heavy (non-hydrogen) atoms. The number of aromatic carboxylic acids is 1. The number of hydrogen-bond acceptors (Lipinski definition) is 9. The zero-order valence-corrected chi connectivity index (χ0v) is 32.7. The van der Waals surface area contributed by atoms with Crippen molar-refractivity contribution in [3.63, 3.8) is 0 Å². The number of carbonyl (C=O) groups excluding carboxylic acids is 3. The lowest BCUT2D eigenvalue weighted by molar-refractivity contribution is -0.228. The Kier molecular flexibility index (Phi) is 13.2. The van der Waals surface area contributed by atoms with Gasteiger partial charge in [-0.3, -0.25) is 14.8 Å². The Balaban J connectivity index is 0.000000148. The lowest BCUT2D eigenvalue weighted by Gasteiger charge is -2.56. The Hall–Kier alpha value is -4.34. The van der Waals surface area contributed by atoms with Crippen molar-refractivity contribution in [3.8, 4) is 0 Å². The van der Waals surface area contributed by atoms with Crippen LogP contribution in [0.15, 0.2) is 49.1 Å². The van der Waals surface area contributed by atoms with Crippen LogP contribution in [0.1, 0.15) is 118 Å². The molecule has 4 unspecified atom stereocenters. The van der Waals surface area contributed by atoms with E-state index in [4.69, 9.17) is 14.6 Å². The van der Waals surface area contributed by atoms with Crippen molar-refractivity contribution in [1.82, 2.24) is 41.5 Å². The van der Waals surface area contributed by atoms with Crippen LogP contribution in [0.25, 0.3) is 0 Å². The van der Waals surface area contributed by atoms with E-state index in [9.17, 15) is 19.2 Å². The lowest BCUT2D eigenvalue weighted by Crippen LogP contribution is -2.65. The molecule has 0 aromatic carbocycles. The van der Waals surface area contributed by atoms with Crippen LogP contribution in [0.2, 0.25) is 0 Å². The summed E-state index contributed by atoms with van der Waals surface area (Å²) in [4.78, 5) is 57.1. The molecule has 4 saturated carbocycles. The van der Waals surface area contributed by atoms with Gasteiger partial charge in [-0.2, -0.15) is 0 Å². The topological polar surface area (TPSA) is 196 Å². The molecule has 10 fully saturated rings. The summed E-state index contributed by atoms with van der Waals surface area (Å²) in [7, 11) is 0. The largest absolute Gasteiger partial charge is 0.478 e. The van der Waals surface area contributed by atoms with Gasteiger partial charge in [-0.1, -0.05) is 7.43 Å². The van der Waals surface area contributed by atoms with Crippen molar-refractivity contribution in [2.75, 3.05) is 26.2 Å². The van der Waals surface area contributed by atoms with Crippen molar-refractivity contribution in [2.24, 2.45) is 23.7 Å². The second-order valence-electron chi connectivity index (χ2n) is 17.7. The van der Waals surface area contributed by atoms with E-state index in [2.05, 4.69) is 36.6 Å². The Morgan fingerprint density at radius 3 is 1.52 bits per heavy atom. The minimum atomic E-state index is -0.942. The molecule has 12 rings (SSSR count). The van der Waals surface area contributed by atoms with E-state index in [1.807, 2.05) is 4.90 Å². The Morgan fingerprint density at radius 1 is 0.672 bits per heavy atom. The third-order valence-corrected chi connectivity index (χ3v) is 13.3. The first-order valence-electron chi connectivity index (χ1n) is 21.2. The summed E-state index contributed by atoms with van der Waals surface area (Å²) in [6, 6.07) is 6.89. The summed E-state index contributed by atoms with van der Waals surface area (Å²) in [6.07, 6.45) is 21.7. The van der Waals surface area contributed by atoms with E-state index in [-0.39, 0.29) is 42.7 Å². The van der Waals surface area contributed by atoms with Crippen molar-refractivity contribution >= 4 is 23.9 Å². The van der Waals surface area contributed by atoms with Gasteiger partial charge >= 0.3 is 18.0 Å². The van der Waals surface area contributed by atoms with E-state index < -0.39 is 11.7 Å². The average Bonchev–Trinajstić information content (AvgIpc) is 3.18. The number of nitrogens with zero attached hydrogens (tertiary/aromatic N) is 3. The maximum absolute atomic E-state index is 12.6. The smallest absolute Gasteiger partial charge is 0.337 e. The number of carbonyl (C=O) groups is 4. The van der Waals surface area contributed by atoms with Gasteiger partial charge in [-0.15, -0.1) is 0 Å². The zero-order valence-electron chi connectivity index (χ0n) is 32.7. The lowest BCUT2D eigenvalue weighted by atomic mass is 9.65. The molecule has 4 aliphatic carbocycles. The Bertz CT molecular complexity index is 1650. The number of pyridine rings is 2. The fourth-order valence-electron chi connectivity index (χ4n) is 11.2. The molecular weight excluding hydrogens is 741 g/mol. The summed E-state index contributed by atoms with van der Waals surface area (Å²) in [6.45, 7) is 3.29.